The molecule has 2 N–H and O–H groups in total. The van der Waals surface area contributed by atoms with Crippen LogP contribution in [0.4, 0.5) is 0 Å². The number of Topliss-reactive ketones (excluding diaryl/α,β-unsaturated/α-hetero) is 1. The zero-order valence-electron chi connectivity index (χ0n) is 16.4. The maximum atomic E-state index is 12.2. The number of nitrogens with zero attached hydrogens (tertiary/aromatic N) is 3. The van der Waals surface area contributed by atoms with Gasteiger partial charge in [-0.05, 0) is 37.3 Å². The minimum Gasteiger partial charge on any atom is -0.395 e. The summed E-state index contributed by atoms with van der Waals surface area (Å²) in [5.41, 5.74) is 4.87. The molecule has 0 aliphatic heterocycles. The number of benzene rings is 2. The van der Waals surface area contributed by atoms with Crippen molar-refractivity contribution in [3.8, 4) is 22.5 Å². The number of aromatic nitrogens is 3. The molecule has 0 aliphatic carbocycles. The molecule has 2 heterocycles. The Labute approximate surface area is 173 Å². The van der Waals surface area contributed by atoms with Crippen LogP contribution in [0.1, 0.15) is 27.6 Å². The van der Waals surface area contributed by atoms with Gasteiger partial charge in [-0.1, -0.05) is 30.3 Å². The lowest BCUT2D eigenvalue weighted by molar-refractivity contribution is 0.0944. The third-order valence-corrected chi connectivity index (χ3v) is 4.75. The van der Waals surface area contributed by atoms with Crippen LogP contribution < -0.4 is 5.32 Å². The van der Waals surface area contributed by atoms with Crippen LogP contribution in [0.3, 0.4) is 0 Å². The highest BCUT2D eigenvalue weighted by atomic mass is 16.3. The molecule has 2 aromatic heterocycles. The molecule has 0 fully saturated rings. The molecule has 0 bridgehead atoms. The van der Waals surface area contributed by atoms with Gasteiger partial charge in [0, 0.05) is 28.8 Å². The predicted molar refractivity (Wildman–Crippen MR) is 113 cm³/mol. The topological polar surface area (TPSA) is 96.6 Å². The molecular formula is C23H20N4O3. The quantitative estimate of drug-likeness (QED) is 0.485. The lowest BCUT2D eigenvalue weighted by atomic mass is 10.1. The molecule has 0 atom stereocenters. The van der Waals surface area contributed by atoms with Crippen molar-refractivity contribution in [1.82, 2.24) is 19.9 Å². The van der Waals surface area contributed by atoms with Crippen molar-refractivity contribution in [2.45, 2.75) is 6.92 Å². The van der Waals surface area contributed by atoms with E-state index in [1.54, 1.807) is 35.0 Å². The molecule has 30 heavy (non-hydrogen) atoms. The molecule has 0 saturated carbocycles. The van der Waals surface area contributed by atoms with Gasteiger partial charge in [0.1, 0.15) is 0 Å². The van der Waals surface area contributed by atoms with Gasteiger partial charge in [-0.15, -0.1) is 0 Å². The van der Waals surface area contributed by atoms with Crippen LogP contribution in [0.25, 0.3) is 28.2 Å². The van der Waals surface area contributed by atoms with Gasteiger partial charge in [-0.3, -0.25) is 9.59 Å². The standard InChI is InChI=1S/C23H20N4O3/c1-15(29)16-4-2-6-18(12-16)21-14-25-22-9-8-20(26-27(21)22)17-5-3-7-19(13-17)23(30)24-10-11-28/h2-9,12-14,28H,10-11H2,1H3,(H,24,30). The van der Waals surface area contributed by atoms with Gasteiger partial charge in [0.2, 0.25) is 0 Å². The van der Waals surface area contributed by atoms with E-state index >= 15 is 0 Å². The summed E-state index contributed by atoms with van der Waals surface area (Å²) in [7, 11) is 0. The summed E-state index contributed by atoms with van der Waals surface area (Å²) in [6.45, 7) is 1.62. The van der Waals surface area contributed by atoms with Crippen LogP contribution >= 0.6 is 0 Å². The zero-order valence-corrected chi connectivity index (χ0v) is 16.4. The fraction of sp³-hybridized carbons (Fsp3) is 0.130. The highest BCUT2D eigenvalue weighted by Crippen LogP contribution is 2.24. The molecule has 1 amide bonds. The lowest BCUT2D eigenvalue weighted by Crippen LogP contribution is -2.26. The smallest absolute Gasteiger partial charge is 0.251 e. The Hall–Kier alpha value is -3.84. The lowest BCUT2D eigenvalue weighted by Gasteiger charge is -2.08. The van der Waals surface area contributed by atoms with E-state index in [-0.39, 0.29) is 24.8 Å². The van der Waals surface area contributed by atoms with E-state index in [1.165, 1.54) is 6.92 Å². The van der Waals surface area contributed by atoms with Crippen LogP contribution in [0, 0.1) is 0 Å². The number of imidazole rings is 1. The molecule has 7 heteroatoms. The third kappa shape index (κ3) is 3.83. The van der Waals surface area contributed by atoms with Gasteiger partial charge in [0.15, 0.2) is 11.4 Å². The maximum absolute atomic E-state index is 12.2. The minimum absolute atomic E-state index is 0.00407. The van der Waals surface area contributed by atoms with Crippen LogP contribution in [0.15, 0.2) is 66.9 Å². The first-order valence-electron chi connectivity index (χ1n) is 9.52. The average Bonchev–Trinajstić information content (AvgIpc) is 3.21. The number of aliphatic hydroxyl groups excluding tert-OH is 1. The number of carbonyl (C=O) groups excluding carboxylic acids is 2. The van der Waals surface area contributed by atoms with E-state index < -0.39 is 0 Å². The van der Waals surface area contributed by atoms with Gasteiger partial charge in [0.05, 0.1) is 24.2 Å². The molecule has 2 aromatic carbocycles. The molecule has 0 saturated heterocycles. The van der Waals surface area contributed by atoms with E-state index in [2.05, 4.69) is 10.3 Å². The van der Waals surface area contributed by atoms with Crippen LogP contribution in [0.5, 0.6) is 0 Å². The SMILES string of the molecule is CC(=O)c1cccc(-c2cnc3ccc(-c4cccc(C(=O)NCCO)c4)nn23)c1. The molecule has 0 aliphatic rings. The van der Waals surface area contributed by atoms with Crippen molar-refractivity contribution in [3.05, 3.63) is 78.0 Å². The normalized spacial score (nSPS) is 10.9. The second kappa shape index (κ2) is 8.26. The summed E-state index contributed by atoms with van der Waals surface area (Å²) >= 11 is 0. The first kappa shape index (κ1) is 19.5. The van der Waals surface area contributed by atoms with Gasteiger partial charge in [0.25, 0.3) is 5.91 Å². The summed E-state index contributed by atoms with van der Waals surface area (Å²) in [4.78, 5) is 28.3. The van der Waals surface area contributed by atoms with Gasteiger partial charge < -0.3 is 10.4 Å². The van der Waals surface area contributed by atoms with Crippen molar-refractivity contribution in [2.75, 3.05) is 13.2 Å². The van der Waals surface area contributed by atoms with E-state index in [1.807, 2.05) is 36.4 Å². The van der Waals surface area contributed by atoms with Crippen LogP contribution in [0.2, 0.25) is 0 Å². The number of hydrogen-bond acceptors (Lipinski definition) is 5. The molecular weight excluding hydrogens is 380 g/mol. The summed E-state index contributed by atoms with van der Waals surface area (Å²) in [5, 5.41) is 16.3. The van der Waals surface area contributed by atoms with Gasteiger partial charge in [-0.2, -0.15) is 5.10 Å². The number of hydrogen-bond donors (Lipinski definition) is 2. The summed E-state index contributed by atoms with van der Waals surface area (Å²) in [6.07, 6.45) is 1.73. The van der Waals surface area contributed by atoms with E-state index in [0.717, 1.165) is 16.8 Å². The monoisotopic (exact) mass is 400 g/mol. The second-order valence-electron chi connectivity index (χ2n) is 6.83. The molecule has 4 aromatic rings. The zero-order chi connectivity index (χ0) is 21.1. The van der Waals surface area contributed by atoms with Crippen molar-refractivity contribution in [3.63, 3.8) is 0 Å². The average molecular weight is 400 g/mol. The van der Waals surface area contributed by atoms with E-state index in [9.17, 15) is 9.59 Å². The number of aliphatic hydroxyl groups is 1. The first-order valence-corrected chi connectivity index (χ1v) is 9.52. The number of amides is 1. The molecule has 7 nitrogen and oxygen atoms in total. The van der Waals surface area contributed by atoms with Crippen molar-refractivity contribution >= 4 is 17.3 Å². The Balaban J connectivity index is 1.74. The van der Waals surface area contributed by atoms with Gasteiger partial charge >= 0.3 is 0 Å². The van der Waals surface area contributed by atoms with E-state index in [0.29, 0.717) is 22.5 Å². The number of rotatable bonds is 6. The number of ketones is 1. The Kier molecular flexibility index (Phi) is 5.36. The Morgan fingerprint density at radius 1 is 1.00 bits per heavy atom. The summed E-state index contributed by atoms with van der Waals surface area (Å²) < 4.78 is 1.73. The summed E-state index contributed by atoms with van der Waals surface area (Å²) in [5.74, 6) is -0.257. The van der Waals surface area contributed by atoms with Crippen LogP contribution in [-0.4, -0.2) is 44.5 Å². The Morgan fingerprint density at radius 2 is 1.73 bits per heavy atom. The predicted octanol–water partition coefficient (Wildman–Crippen LogP) is 2.99. The molecule has 0 unspecified atom stereocenters. The Bertz CT molecular complexity index is 1250. The Morgan fingerprint density at radius 3 is 2.50 bits per heavy atom. The number of carbonyl (C=O) groups is 2. The fourth-order valence-electron chi connectivity index (χ4n) is 3.21. The number of fused-ring (bicyclic) bond motifs is 1. The summed E-state index contributed by atoms with van der Waals surface area (Å²) in [6, 6.07) is 18.2. The first-order chi connectivity index (χ1) is 14.6. The highest BCUT2D eigenvalue weighted by molar-refractivity contribution is 5.96. The molecule has 150 valence electrons. The molecule has 0 radical (unpaired) electrons. The highest BCUT2D eigenvalue weighted by Gasteiger charge is 2.12. The van der Waals surface area contributed by atoms with Crippen molar-refractivity contribution in [1.29, 1.82) is 0 Å². The number of nitrogens with one attached hydrogen (secondary N) is 1. The minimum atomic E-state index is -0.253. The fourth-order valence-corrected chi connectivity index (χ4v) is 3.21. The van der Waals surface area contributed by atoms with Crippen molar-refractivity contribution in [2.24, 2.45) is 0 Å². The van der Waals surface area contributed by atoms with Gasteiger partial charge in [-0.25, -0.2) is 9.50 Å². The third-order valence-electron chi connectivity index (χ3n) is 4.75. The van der Waals surface area contributed by atoms with Crippen molar-refractivity contribution < 1.29 is 14.7 Å². The second-order valence-corrected chi connectivity index (χ2v) is 6.83. The maximum Gasteiger partial charge on any atom is 0.251 e. The van der Waals surface area contributed by atoms with Crippen LogP contribution in [-0.2, 0) is 0 Å². The van der Waals surface area contributed by atoms with E-state index in [4.69, 9.17) is 10.2 Å². The largest absolute Gasteiger partial charge is 0.395 e. The molecule has 0 spiro atoms. The molecule has 4 rings (SSSR count).